The molecule has 1 heterocycles. The van der Waals surface area contributed by atoms with Crippen molar-refractivity contribution in [3.8, 4) is 0 Å². The van der Waals surface area contributed by atoms with E-state index in [1.165, 1.54) is 11.6 Å². The summed E-state index contributed by atoms with van der Waals surface area (Å²) < 4.78 is 2.65. The quantitative estimate of drug-likeness (QED) is 0.667. The second kappa shape index (κ2) is 8.32. The van der Waals surface area contributed by atoms with E-state index in [0.717, 1.165) is 22.8 Å². The van der Waals surface area contributed by atoms with Crippen LogP contribution in [0.2, 0.25) is 0 Å². The van der Waals surface area contributed by atoms with Crippen LogP contribution in [0, 0.1) is 0 Å². The lowest BCUT2D eigenvalue weighted by Gasteiger charge is -2.16. The Bertz CT molecular complexity index is 967. The number of aromatic nitrogens is 1. The van der Waals surface area contributed by atoms with E-state index in [2.05, 4.69) is 33.4 Å². The molecule has 0 saturated carbocycles. The fourth-order valence-electron chi connectivity index (χ4n) is 3.00. The summed E-state index contributed by atoms with van der Waals surface area (Å²) >= 11 is 3.38. The summed E-state index contributed by atoms with van der Waals surface area (Å²) in [6.45, 7) is 2.20. The van der Waals surface area contributed by atoms with Crippen molar-refractivity contribution in [2.24, 2.45) is 0 Å². The highest BCUT2D eigenvalue weighted by Crippen LogP contribution is 2.17. The first-order valence-corrected chi connectivity index (χ1v) is 9.44. The van der Waals surface area contributed by atoms with Gasteiger partial charge in [0.15, 0.2) is 5.43 Å². The summed E-state index contributed by atoms with van der Waals surface area (Å²) in [4.78, 5) is 24.4. The zero-order chi connectivity index (χ0) is 18.5. The van der Waals surface area contributed by atoms with Crippen LogP contribution >= 0.6 is 15.9 Å². The van der Waals surface area contributed by atoms with Gasteiger partial charge in [-0.2, -0.15) is 0 Å². The second-order valence-electron chi connectivity index (χ2n) is 6.46. The highest BCUT2D eigenvalue weighted by molar-refractivity contribution is 9.10. The van der Waals surface area contributed by atoms with Gasteiger partial charge in [-0.05, 0) is 43.5 Å². The number of benzene rings is 2. The lowest BCUT2D eigenvalue weighted by atomic mass is 10.1. The van der Waals surface area contributed by atoms with Gasteiger partial charge < -0.3 is 9.88 Å². The first kappa shape index (κ1) is 18.4. The highest BCUT2D eigenvalue weighted by atomic mass is 79.9. The molecule has 3 aromatic rings. The smallest absolute Gasteiger partial charge is 0.240 e. The van der Waals surface area contributed by atoms with Crippen molar-refractivity contribution in [2.75, 3.05) is 0 Å². The van der Waals surface area contributed by atoms with Crippen molar-refractivity contribution in [3.05, 3.63) is 81.1 Å². The van der Waals surface area contributed by atoms with Crippen LogP contribution in [-0.4, -0.2) is 16.5 Å². The van der Waals surface area contributed by atoms with E-state index in [9.17, 15) is 9.59 Å². The molecule has 0 radical (unpaired) electrons. The van der Waals surface area contributed by atoms with E-state index < -0.39 is 0 Å². The van der Waals surface area contributed by atoms with E-state index in [4.69, 9.17) is 0 Å². The van der Waals surface area contributed by atoms with Gasteiger partial charge in [-0.15, -0.1) is 0 Å². The summed E-state index contributed by atoms with van der Waals surface area (Å²) in [5, 5.41) is 3.65. The predicted molar refractivity (Wildman–Crippen MR) is 108 cm³/mol. The summed E-state index contributed by atoms with van der Waals surface area (Å²) in [6, 6.07) is 17.3. The van der Waals surface area contributed by atoms with Gasteiger partial charge in [0.1, 0.15) is 6.54 Å². The number of amides is 1. The van der Waals surface area contributed by atoms with Gasteiger partial charge >= 0.3 is 0 Å². The van der Waals surface area contributed by atoms with Crippen molar-refractivity contribution < 1.29 is 4.79 Å². The van der Waals surface area contributed by atoms with Crippen LogP contribution in [-0.2, 0) is 17.8 Å². The molecule has 1 aromatic heterocycles. The first-order valence-electron chi connectivity index (χ1n) is 8.65. The fourth-order valence-corrected chi connectivity index (χ4v) is 3.36. The summed E-state index contributed by atoms with van der Waals surface area (Å²) in [7, 11) is 0. The molecule has 1 amide bonds. The molecule has 5 heteroatoms. The van der Waals surface area contributed by atoms with Crippen LogP contribution in [0.3, 0.4) is 0 Å². The zero-order valence-electron chi connectivity index (χ0n) is 14.6. The number of aryl methyl sites for hydroxylation is 1. The highest BCUT2D eigenvalue weighted by Gasteiger charge is 2.10. The molecule has 1 atom stereocenters. The second-order valence-corrected chi connectivity index (χ2v) is 7.38. The molecule has 134 valence electrons. The average Bonchev–Trinajstić information content (AvgIpc) is 2.63. The Morgan fingerprint density at radius 1 is 1.15 bits per heavy atom. The van der Waals surface area contributed by atoms with Crippen molar-refractivity contribution >= 4 is 32.7 Å². The number of pyridine rings is 1. The monoisotopic (exact) mass is 412 g/mol. The van der Waals surface area contributed by atoms with Gasteiger partial charge in [0.2, 0.25) is 5.91 Å². The molecule has 3 rings (SSSR count). The van der Waals surface area contributed by atoms with Crippen LogP contribution in [0.1, 0.15) is 18.9 Å². The number of hydrogen-bond acceptors (Lipinski definition) is 2. The van der Waals surface area contributed by atoms with Crippen molar-refractivity contribution in [2.45, 2.75) is 32.4 Å². The number of hydrogen-bond donors (Lipinski definition) is 1. The third-order valence-electron chi connectivity index (χ3n) is 4.37. The topological polar surface area (TPSA) is 51.1 Å². The minimum absolute atomic E-state index is 0.0470. The minimum Gasteiger partial charge on any atom is -0.352 e. The zero-order valence-corrected chi connectivity index (χ0v) is 16.2. The Morgan fingerprint density at radius 3 is 2.69 bits per heavy atom. The fraction of sp³-hybridized carbons (Fsp3) is 0.238. The molecule has 0 fully saturated rings. The van der Waals surface area contributed by atoms with Gasteiger partial charge in [-0.3, -0.25) is 9.59 Å². The maximum absolute atomic E-state index is 12.4. The Hall–Kier alpha value is -2.40. The number of nitrogens with zero attached hydrogens (tertiary/aromatic N) is 1. The van der Waals surface area contributed by atoms with E-state index in [0.29, 0.717) is 5.39 Å². The third kappa shape index (κ3) is 4.61. The van der Waals surface area contributed by atoms with Crippen molar-refractivity contribution in [3.63, 3.8) is 0 Å². The molecule has 0 spiro atoms. The molecule has 4 nitrogen and oxygen atoms in total. The molecule has 0 aliphatic rings. The van der Waals surface area contributed by atoms with E-state index in [-0.39, 0.29) is 23.9 Å². The molecule has 2 aromatic carbocycles. The molecule has 0 saturated heterocycles. The molecule has 1 unspecified atom stereocenters. The Balaban J connectivity index is 1.64. The first-order chi connectivity index (χ1) is 12.5. The molecule has 0 aliphatic carbocycles. The number of rotatable bonds is 6. The molecular formula is C21H21BrN2O2. The Kier molecular flexibility index (Phi) is 5.89. The van der Waals surface area contributed by atoms with E-state index in [1.807, 2.05) is 41.8 Å². The number of carbonyl (C=O) groups excluding carboxylic acids is 1. The lowest BCUT2D eigenvalue weighted by molar-refractivity contribution is -0.122. The number of fused-ring (bicyclic) bond motifs is 1. The predicted octanol–water partition coefficient (Wildman–Crippen LogP) is 3.90. The van der Waals surface area contributed by atoms with Crippen molar-refractivity contribution in [1.29, 1.82) is 0 Å². The minimum atomic E-state index is -0.0570. The largest absolute Gasteiger partial charge is 0.352 e. The lowest BCUT2D eigenvalue weighted by Crippen LogP contribution is -2.35. The Morgan fingerprint density at radius 2 is 1.92 bits per heavy atom. The third-order valence-corrected chi connectivity index (χ3v) is 4.86. The number of halogens is 1. The maximum Gasteiger partial charge on any atom is 0.240 e. The molecule has 0 bridgehead atoms. The van der Waals surface area contributed by atoms with Crippen LogP contribution < -0.4 is 10.7 Å². The standard InChI is InChI=1S/C21H21BrN2O2/c1-15(7-8-16-5-3-2-4-6-16)23-21(26)14-24-12-11-20(25)18-13-17(22)9-10-19(18)24/h2-6,9-13,15H,7-8,14H2,1H3,(H,23,26). The van der Waals surface area contributed by atoms with Gasteiger partial charge in [0.05, 0.1) is 5.52 Å². The van der Waals surface area contributed by atoms with Crippen molar-refractivity contribution in [1.82, 2.24) is 9.88 Å². The van der Waals surface area contributed by atoms with Crippen LogP contribution in [0.15, 0.2) is 70.1 Å². The summed E-state index contributed by atoms with van der Waals surface area (Å²) in [6.07, 6.45) is 3.48. The summed E-state index contributed by atoms with van der Waals surface area (Å²) in [5.41, 5.74) is 1.98. The number of carbonyl (C=O) groups is 1. The van der Waals surface area contributed by atoms with E-state index in [1.54, 1.807) is 12.3 Å². The molecule has 1 N–H and O–H groups in total. The molecular weight excluding hydrogens is 392 g/mol. The van der Waals surface area contributed by atoms with E-state index >= 15 is 0 Å². The van der Waals surface area contributed by atoms with Crippen LogP contribution in [0.4, 0.5) is 0 Å². The Labute approximate surface area is 161 Å². The van der Waals surface area contributed by atoms with Gasteiger partial charge in [0.25, 0.3) is 0 Å². The van der Waals surface area contributed by atoms with Gasteiger partial charge in [0, 0.05) is 28.2 Å². The normalized spacial score (nSPS) is 12.1. The molecule has 0 aliphatic heterocycles. The average molecular weight is 413 g/mol. The van der Waals surface area contributed by atoms with Crippen LogP contribution in [0.5, 0.6) is 0 Å². The van der Waals surface area contributed by atoms with Gasteiger partial charge in [-0.25, -0.2) is 0 Å². The molecule has 26 heavy (non-hydrogen) atoms. The summed E-state index contributed by atoms with van der Waals surface area (Å²) in [5.74, 6) is -0.0570. The SMILES string of the molecule is CC(CCc1ccccc1)NC(=O)Cn1ccc(=O)c2cc(Br)ccc21. The van der Waals surface area contributed by atoms with Crippen LogP contribution in [0.25, 0.3) is 10.9 Å². The van der Waals surface area contributed by atoms with Gasteiger partial charge in [-0.1, -0.05) is 46.3 Å². The maximum atomic E-state index is 12.4. The number of nitrogens with one attached hydrogen (secondary N) is 1.